The van der Waals surface area contributed by atoms with Crippen molar-refractivity contribution in [2.24, 2.45) is 0 Å². The Morgan fingerprint density at radius 3 is 2.19 bits per heavy atom. The molecule has 0 aromatic heterocycles. The van der Waals surface area contributed by atoms with Crippen LogP contribution >= 0.6 is 0 Å². The molecule has 2 rings (SSSR count). The van der Waals surface area contributed by atoms with Crippen molar-refractivity contribution in [2.75, 3.05) is 18.5 Å². The van der Waals surface area contributed by atoms with Crippen LogP contribution in [0.1, 0.15) is 21.5 Å². The standard InChI is InChI=1S/C19H20N2O5/c1-12-4-3-5-13(2)18(12)21-16(23)10-20-17(24)11-26-19(25)14-6-8-15(22)9-7-14/h3-9,22H,10-11H2,1-2H3,(H,20,24)(H,21,23). The largest absolute Gasteiger partial charge is 0.508 e. The van der Waals surface area contributed by atoms with Gasteiger partial charge in [-0.2, -0.15) is 0 Å². The Morgan fingerprint density at radius 2 is 1.58 bits per heavy atom. The van der Waals surface area contributed by atoms with E-state index in [1.54, 1.807) is 0 Å². The monoisotopic (exact) mass is 356 g/mol. The summed E-state index contributed by atoms with van der Waals surface area (Å²) in [4.78, 5) is 35.4. The third-order valence-corrected chi connectivity index (χ3v) is 3.63. The van der Waals surface area contributed by atoms with Crippen molar-refractivity contribution in [2.45, 2.75) is 13.8 Å². The van der Waals surface area contributed by atoms with Crippen LogP contribution in [0.3, 0.4) is 0 Å². The molecular weight excluding hydrogens is 336 g/mol. The molecule has 0 fully saturated rings. The molecule has 0 atom stereocenters. The average Bonchev–Trinajstić information content (AvgIpc) is 2.61. The second-order valence-electron chi connectivity index (χ2n) is 5.71. The molecular formula is C19H20N2O5. The fraction of sp³-hybridized carbons (Fsp3) is 0.211. The molecule has 0 aliphatic carbocycles. The van der Waals surface area contributed by atoms with Gasteiger partial charge in [-0.05, 0) is 49.2 Å². The van der Waals surface area contributed by atoms with Crippen LogP contribution in [-0.2, 0) is 14.3 Å². The minimum atomic E-state index is -0.694. The number of anilines is 1. The molecule has 0 heterocycles. The summed E-state index contributed by atoms with van der Waals surface area (Å²) in [7, 11) is 0. The molecule has 0 bridgehead atoms. The highest BCUT2D eigenvalue weighted by molar-refractivity contribution is 5.96. The van der Waals surface area contributed by atoms with E-state index in [0.29, 0.717) is 5.69 Å². The normalized spacial score (nSPS) is 10.1. The molecule has 26 heavy (non-hydrogen) atoms. The number of nitrogens with one attached hydrogen (secondary N) is 2. The van der Waals surface area contributed by atoms with Crippen LogP contribution in [0.15, 0.2) is 42.5 Å². The lowest BCUT2D eigenvalue weighted by Gasteiger charge is -2.12. The molecule has 2 aromatic carbocycles. The lowest BCUT2D eigenvalue weighted by atomic mass is 10.1. The fourth-order valence-electron chi connectivity index (χ4n) is 2.24. The summed E-state index contributed by atoms with van der Waals surface area (Å²) in [5.41, 5.74) is 2.77. The maximum atomic E-state index is 12.0. The second kappa shape index (κ2) is 8.66. The molecule has 0 aliphatic heterocycles. The minimum absolute atomic E-state index is 0.0224. The first kappa shape index (κ1) is 19.0. The fourth-order valence-corrected chi connectivity index (χ4v) is 2.24. The van der Waals surface area contributed by atoms with E-state index in [9.17, 15) is 14.4 Å². The molecule has 0 unspecified atom stereocenters. The van der Waals surface area contributed by atoms with E-state index in [-0.39, 0.29) is 23.8 Å². The highest BCUT2D eigenvalue weighted by Gasteiger charge is 2.12. The molecule has 0 saturated heterocycles. The zero-order valence-electron chi connectivity index (χ0n) is 14.5. The number of amides is 2. The Bertz CT molecular complexity index is 795. The number of hydrogen-bond donors (Lipinski definition) is 3. The third-order valence-electron chi connectivity index (χ3n) is 3.63. The molecule has 7 nitrogen and oxygen atoms in total. The van der Waals surface area contributed by atoms with E-state index >= 15 is 0 Å². The number of aromatic hydroxyl groups is 1. The van der Waals surface area contributed by atoms with Crippen molar-refractivity contribution in [1.29, 1.82) is 0 Å². The number of rotatable bonds is 6. The van der Waals surface area contributed by atoms with Crippen LogP contribution in [0.4, 0.5) is 5.69 Å². The molecule has 2 amide bonds. The van der Waals surface area contributed by atoms with E-state index < -0.39 is 18.5 Å². The van der Waals surface area contributed by atoms with E-state index in [0.717, 1.165) is 11.1 Å². The molecule has 0 spiro atoms. The van der Waals surface area contributed by atoms with Crippen molar-refractivity contribution in [1.82, 2.24) is 5.32 Å². The summed E-state index contributed by atoms with van der Waals surface area (Å²) in [6, 6.07) is 11.1. The number of hydrogen-bond acceptors (Lipinski definition) is 5. The van der Waals surface area contributed by atoms with Crippen LogP contribution in [0.2, 0.25) is 0 Å². The number of ether oxygens (including phenoxy) is 1. The Morgan fingerprint density at radius 1 is 0.962 bits per heavy atom. The zero-order valence-corrected chi connectivity index (χ0v) is 14.5. The second-order valence-corrected chi connectivity index (χ2v) is 5.71. The van der Waals surface area contributed by atoms with E-state index in [1.165, 1.54) is 24.3 Å². The van der Waals surface area contributed by atoms with Gasteiger partial charge in [0, 0.05) is 5.69 Å². The summed E-state index contributed by atoms with van der Waals surface area (Å²) in [6.45, 7) is 3.02. The van der Waals surface area contributed by atoms with Crippen molar-refractivity contribution in [3.63, 3.8) is 0 Å². The molecule has 0 aliphatic rings. The van der Waals surface area contributed by atoms with Gasteiger partial charge in [-0.3, -0.25) is 9.59 Å². The number of para-hydroxylation sites is 1. The molecule has 2 aromatic rings. The van der Waals surface area contributed by atoms with Gasteiger partial charge in [-0.25, -0.2) is 4.79 Å². The lowest BCUT2D eigenvalue weighted by Crippen LogP contribution is -2.35. The van der Waals surface area contributed by atoms with Crippen LogP contribution in [0.25, 0.3) is 0 Å². The van der Waals surface area contributed by atoms with E-state index in [2.05, 4.69) is 10.6 Å². The number of aryl methyl sites for hydroxylation is 2. The van der Waals surface area contributed by atoms with Crippen LogP contribution in [-0.4, -0.2) is 36.0 Å². The van der Waals surface area contributed by atoms with E-state index in [4.69, 9.17) is 9.84 Å². The van der Waals surface area contributed by atoms with Crippen molar-refractivity contribution in [3.05, 3.63) is 59.2 Å². The topological polar surface area (TPSA) is 105 Å². The van der Waals surface area contributed by atoms with Crippen LogP contribution in [0.5, 0.6) is 5.75 Å². The molecule has 136 valence electrons. The number of phenols is 1. The van der Waals surface area contributed by atoms with Gasteiger partial charge in [0.1, 0.15) is 5.75 Å². The minimum Gasteiger partial charge on any atom is -0.508 e. The number of carbonyl (C=O) groups excluding carboxylic acids is 3. The first-order valence-electron chi connectivity index (χ1n) is 7.95. The first-order valence-corrected chi connectivity index (χ1v) is 7.95. The predicted molar refractivity (Wildman–Crippen MR) is 95.9 cm³/mol. The van der Waals surface area contributed by atoms with Crippen LogP contribution in [0, 0.1) is 13.8 Å². The highest BCUT2D eigenvalue weighted by atomic mass is 16.5. The number of phenolic OH excluding ortho intramolecular Hbond substituents is 1. The van der Waals surface area contributed by atoms with Gasteiger partial charge in [-0.1, -0.05) is 18.2 Å². The van der Waals surface area contributed by atoms with Crippen molar-refractivity contribution in [3.8, 4) is 5.75 Å². The van der Waals surface area contributed by atoms with Gasteiger partial charge >= 0.3 is 5.97 Å². The number of carbonyl (C=O) groups is 3. The van der Waals surface area contributed by atoms with Crippen molar-refractivity contribution >= 4 is 23.5 Å². The predicted octanol–water partition coefficient (Wildman–Crippen LogP) is 1.92. The molecule has 7 heteroatoms. The Labute approximate surface area is 151 Å². The first-order chi connectivity index (χ1) is 12.4. The lowest BCUT2D eigenvalue weighted by molar-refractivity contribution is -0.126. The van der Waals surface area contributed by atoms with Gasteiger partial charge in [0.25, 0.3) is 5.91 Å². The number of benzene rings is 2. The summed E-state index contributed by atoms with van der Waals surface area (Å²) in [5, 5.41) is 14.3. The van der Waals surface area contributed by atoms with Crippen molar-refractivity contribution < 1.29 is 24.2 Å². The van der Waals surface area contributed by atoms with Gasteiger partial charge in [0.05, 0.1) is 12.1 Å². The highest BCUT2D eigenvalue weighted by Crippen LogP contribution is 2.19. The van der Waals surface area contributed by atoms with Gasteiger partial charge < -0.3 is 20.5 Å². The Hall–Kier alpha value is -3.35. The maximum Gasteiger partial charge on any atom is 0.338 e. The Balaban J connectivity index is 1.77. The van der Waals surface area contributed by atoms with E-state index in [1.807, 2.05) is 32.0 Å². The smallest absolute Gasteiger partial charge is 0.338 e. The van der Waals surface area contributed by atoms with Gasteiger partial charge in [-0.15, -0.1) is 0 Å². The quantitative estimate of drug-likeness (QED) is 0.686. The maximum absolute atomic E-state index is 12.0. The average molecular weight is 356 g/mol. The third kappa shape index (κ3) is 5.34. The molecule has 3 N–H and O–H groups in total. The summed E-state index contributed by atoms with van der Waals surface area (Å²) in [5.74, 6) is -1.64. The number of esters is 1. The molecule has 0 saturated carbocycles. The Kier molecular flexibility index (Phi) is 6.32. The SMILES string of the molecule is Cc1cccc(C)c1NC(=O)CNC(=O)COC(=O)c1ccc(O)cc1. The molecule has 0 radical (unpaired) electrons. The zero-order chi connectivity index (χ0) is 19.1. The van der Waals surface area contributed by atoms with Gasteiger partial charge in [0.2, 0.25) is 5.91 Å². The van der Waals surface area contributed by atoms with Crippen LogP contribution < -0.4 is 10.6 Å². The summed E-state index contributed by atoms with van der Waals surface area (Å²) < 4.78 is 4.85. The summed E-state index contributed by atoms with van der Waals surface area (Å²) in [6.07, 6.45) is 0. The summed E-state index contributed by atoms with van der Waals surface area (Å²) >= 11 is 0. The van der Waals surface area contributed by atoms with Gasteiger partial charge in [0.15, 0.2) is 6.61 Å².